The van der Waals surface area contributed by atoms with Gasteiger partial charge in [-0.3, -0.25) is 4.68 Å². The number of aromatic nitrogens is 2. The molecule has 1 aliphatic rings. The van der Waals surface area contributed by atoms with Crippen LogP contribution in [-0.4, -0.2) is 15.5 Å². The number of rotatable bonds is 0. The second kappa shape index (κ2) is 3.56. The van der Waals surface area contributed by atoms with E-state index in [1.807, 2.05) is 11.8 Å². The molecule has 1 aliphatic heterocycles. The van der Waals surface area contributed by atoms with Crippen LogP contribution in [0.1, 0.15) is 32.0 Å². The van der Waals surface area contributed by atoms with Crippen molar-refractivity contribution in [2.24, 2.45) is 0 Å². The third kappa shape index (κ3) is 1.74. The van der Waals surface area contributed by atoms with Gasteiger partial charge < -0.3 is 0 Å². The molecular weight excluding hydrogens is 260 g/mol. The Morgan fingerprint density at radius 3 is 2.71 bits per heavy atom. The van der Waals surface area contributed by atoms with Gasteiger partial charge in [0, 0.05) is 17.7 Å². The van der Waals surface area contributed by atoms with E-state index in [4.69, 9.17) is 0 Å². The van der Waals surface area contributed by atoms with E-state index in [1.165, 1.54) is 21.6 Å². The van der Waals surface area contributed by atoms with Gasteiger partial charge in [0.25, 0.3) is 0 Å². The summed E-state index contributed by atoms with van der Waals surface area (Å²) in [6, 6.07) is 0. The highest BCUT2D eigenvalue weighted by Gasteiger charge is 2.24. The molecule has 0 radical (unpaired) electrons. The molecule has 0 unspecified atom stereocenters. The summed E-state index contributed by atoms with van der Waals surface area (Å²) in [5.74, 6) is 2.31. The first kappa shape index (κ1) is 10.6. The van der Waals surface area contributed by atoms with Gasteiger partial charge in [0.1, 0.15) is 4.60 Å². The lowest BCUT2D eigenvalue weighted by Gasteiger charge is -2.20. The third-order valence-electron chi connectivity index (χ3n) is 2.37. The maximum Gasteiger partial charge on any atom is 0.109 e. The molecular formula is C10H15BrN2S. The van der Waals surface area contributed by atoms with E-state index in [1.54, 1.807) is 0 Å². The van der Waals surface area contributed by atoms with Crippen LogP contribution in [0.5, 0.6) is 0 Å². The molecule has 0 fully saturated rings. The van der Waals surface area contributed by atoms with Crippen LogP contribution in [0.15, 0.2) is 4.60 Å². The number of halogens is 1. The number of hydrogen-bond donors (Lipinski definition) is 0. The first-order valence-corrected chi connectivity index (χ1v) is 6.79. The minimum absolute atomic E-state index is 0.0703. The zero-order valence-electron chi connectivity index (χ0n) is 8.80. The molecule has 2 heterocycles. The Morgan fingerprint density at radius 2 is 2.14 bits per heavy atom. The molecule has 0 atom stereocenters. The molecule has 0 spiro atoms. The molecule has 0 bridgehead atoms. The second-order valence-electron chi connectivity index (χ2n) is 4.60. The van der Waals surface area contributed by atoms with Gasteiger partial charge >= 0.3 is 0 Å². The van der Waals surface area contributed by atoms with Gasteiger partial charge in [0.15, 0.2) is 0 Å². The topological polar surface area (TPSA) is 17.8 Å². The van der Waals surface area contributed by atoms with E-state index >= 15 is 0 Å². The maximum atomic E-state index is 4.68. The number of thioether (sulfide) groups is 1. The van der Waals surface area contributed by atoms with Crippen LogP contribution < -0.4 is 0 Å². The lowest BCUT2D eigenvalue weighted by molar-refractivity contribution is 0.346. The SMILES string of the molecule is CC(C)(C)n1nc2c(c1Br)CSCC2. The number of aryl methyl sites for hydroxylation is 1. The highest BCUT2D eigenvalue weighted by Crippen LogP contribution is 2.33. The van der Waals surface area contributed by atoms with Gasteiger partial charge in [0.2, 0.25) is 0 Å². The summed E-state index contributed by atoms with van der Waals surface area (Å²) < 4.78 is 3.27. The largest absolute Gasteiger partial charge is 0.253 e. The summed E-state index contributed by atoms with van der Waals surface area (Å²) >= 11 is 5.65. The van der Waals surface area contributed by atoms with E-state index in [0.717, 1.165) is 12.2 Å². The Bertz CT molecular complexity index is 352. The first-order chi connectivity index (χ1) is 6.50. The van der Waals surface area contributed by atoms with E-state index in [0.29, 0.717) is 0 Å². The molecule has 14 heavy (non-hydrogen) atoms. The fourth-order valence-corrected chi connectivity index (χ4v) is 3.76. The van der Waals surface area contributed by atoms with Crippen molar-refractivity contribution in [1.82, 2.24) is 9.78 Å². The molecule has 1 aromatic heterocycles. The molecule has 0 N–H and O–H groups in total. The molecule has 0 saturated carbocycles. The molecule has 2 rings (SSSR count). The average molecular weight is 275 g/mol. The zero-order chi connectivity index (χ0) is 10.3. The van der Waals surface area contributed by atoms with Crippen LogP contribution in [0.25, 0.3) is 0 Å². The third-order valence-corrected chi connectivity index (χ3v) is 4.17. The second-order valence-corrected chi connectivity index (χ2v) is 6.46. The van der Waals surface area contributed by atoms with E-state index in [-0.39, 0.29) is 5.54 Å². The molecule has 0 amide bonds. The van der Waals surface area contributed by atoms with Gasteiger partial charge in [0.05, 0.1) is 11.2 Å². The highest BCUT2D eigenvalue weighted by atomic mass is 79.9. The predicted octanol–water partition coefficient (Wildman–Crippen LogP) is 3.19. The zero-order valence-corrected chi connectivity index (χ0v) is 11.2. The molecule has 0 aromatic carbocycles. The van der Waals surface area contributed by atoms with Crippen molar-refractivity contribution in [1.29, 1.82) is 0 Å². The van der Waals surface area contributed by atoms with Crippen molar-refractivity contribution in [2.45, 2.75) is 38.5 Å². The molecule has 4 heteroatoms. The van der Waals surface area contributed by atoms with Crippen molar-refractivity contribution >= 4 is 27.7 Å². The Morgan fingerprint density at radius 1 is 1.43 bits per heavy atom. The van der Waals surface area contributed by atoms with Crippen molar-refractivity contribution in [3.8, 4) is 0 Å². The monoisotopic (exact) mass is 274 g/mol. The van der Waals surface area contributed by atoms with Gasteiger partial charge in [-0.05, 0) is 42.5 Å². The van der Waals surface area contributed by atoms with Crippen molar-refractivity contribution < 1.29 is 0 Å². The standard InChI is InChI=1S/C10H15BrN2S/c1-10(2,3)13-9(11)7-6-14-5-4-8(7)12-13/h4-6H2,1-3H3. The summed E-state index contributed by atoms with van der Waals surface area (Å²) in [7, 11) is 0. The summed E-state index contributed by atoms with van der Waals surface area (Å²) in [5, 5.41) is 4.68. The Hall–Kier alpha value is 0.0400. The minimum atomic E-state index is 0.0703. The Labute approximate surface area is 97.6 Å². The highest BCUT2D eigenvalue weighted by molar-refractivity contribution is 9.10. The van der Waals surface area contributed by atoms with Crippen molar-refractivity contribution in [2.75, 3.05) is 5.75 Å². The maximum absolute atomic E-state index is 4.68. The van der Waals surface area contributed by atoms with Crippen LogP contribution in [0, 0.1) is 0 Å². The fraction of sp³-hybridized carbons (Fsp3) is 0.700. The van der Waals surface area contributed by atoms with Gasteiger partial charge in [-0.15, -0.1) is 0 Å². The number of hydrogen-bond acceptors (Lipinski definition) is 2. The summed E-state index contributed by atoms with van der Waals surface area (Å²) in [6.07, 6.45) is 1.11. The molecule has 78 valence electrons. The van der Waals surface area contributed by atoms with Crippen LogP contribution >= 0.6 is 27.7 Å². The minimum Gasteiger partial charge on any atom is -0.253 e. The Kier molecular flexibility index (Phi) is 2.68. The summed E-state index contributed by atoms with van der Waals surface area (Å²) in [6.45, 7) is 6.55. The fourth-order valence-electron chi connectivity index (χ4n) is 1.60. The predicted molar refractivity (Wildman–Crippen MR) is 64.8 cm³/mol. The molecule has 0 saturated heterocycles. The van der Waals surface area contributed by atoms with Crippen LogP contribution in [0.3, 0.4) is 0 Å². The average Bonchev–Trinajstić information content (AvgIpc) is 2.44. The van der Waals surface area contributed by atoms with Crippen LogP contribution in [-0.2, 0) is 17.7 Å². The summed E-state index contributed by atoms with van der Waals surface area (Å²) in [5.41, 5.74) is 2.75. The smallest absolute Gasteiger partial charge is 0.109 e. The summed E-state index contributed by atoms with van der Waals surface area (Å²) in [4.78, 5) is 0. The van der Waals surface area contributed by atoms with Crippen molar-refractivity contribution in [3.05, 3.63) is 15.9 Å². The van der Waals surface area contributed by atoms with Gasteiger partial charge in [-0.1, -0.05) is 0 Å². The molecule has 2 nitrogen and oxygen atoms in total. The quantitative estimate of drug-likeness (QED) is 0.723. The van der Waals surface area contributed by atoms with Crippen LogP contribution in [0.4, 0.5) is 0 Å². The van der Waals surface area contributed by atoms with Gasteiger partial charge in [-0.25, -0.2) is 0 Å². The van der Waals surface area contributed by atoms with Gasteiger partial charge in [-0.2, -0.15) is 16.9 Å². The first-order valence-electron chi connectivity index (χ1n) is 4.84. The molecule has 1 aromatic rings. The normalized spacial score (nSPS) is 16.9. The lowest BCUT2D eigenvalue weighted by atomic mass is 10.1. The lowest BCUT2D eigenvalue weighted by Crippen LogP contribution is -2.23. The van der Waals surface area contributed by atoms with E-state index < -0.39 is 0 Å². The van der Waals surface area contributed by atoms with Crippen LogP contribution in [0.2, 0.25) is 0 Å². The molecule has 0 aliphatic carbocycles. The number of fused-ring (bicyclic) bond motifs is 1. The van der Waals surface area contributed by atoms with E-state index in [2.05, 4.69) is 46.5 Å². The van der Waals surface area contributed by atoms with Crippen molar-refractivity contribution in [3.63, 3.8) is 0 Å². The number of nitrogens with zero attached hydrogens (tertiary/aromatic N) is 2. The Balaban J connectivity index is 2.49. The van der Waals surface area contributed by atoms with E-state index in [9.17, 15) is 0 Å².